The van der Waals surface area contributed by atoms with Gasteiger partial charge in [0.1, 0.15) is 18.0 Å². The van der Waals surface area contributed by atoms with E-state index in [0.29, 0.717) is 0 Å². The summed E-state index contributed by atoms with van der Waals surface area (Å²) in [5, 5.41) is 0. The molecule has 0 amide bonds. The van der Waals surface area contributed by atoms with Crippen molar-refractivity contribution in [2.75, 3.05) is 0 Å². The van der Waals surface area contributed by atoms with Crippen LogP contribution < -0.4 is 4.74 Å². The van der Waals surface area contributed by atoms with Crippen molar-refractivity contribution in [2.45, 2.75) is 26.1 Å². The molecule has 0 aliphatic carbocycles. The van der Waals surface area contributed by atoms with Crippen molar-refractivity contribution in [1.82, 2.24) is 0 Å². The van der Waals surface area contributed by atoms with Gasteiger partial charge in [-0.3, -0.25) is 4.79 Å². The van der Waals surface area contributed by atoms with E-state index >= 15 is 0 Å². The Morgan fingerprint density at radius 2 is 1.91 bits per heavy atom. The number of carbonyl (C=O) groups excluding carboxylic acids is 1. The minimum absolute atomic E-state index is 0.0214. The zero-order chi connectivity index (χ0) is 15.7. The van der Waals surface area contributed by atoms with E-state index in [1.165, 1.54) is 6.92 Å². The predicted octanol–water partition coefficient (Wildman–Crippen LogP) is 4.82. The number of rotatable bonds is 2. The van der Waals surface area contributed by atoms with Gasteiger partial charge in [0.05, 0.1) is 0 Å². The van der Waals surface area contributed by atoms with E-state index in [1.807, 2.05) is 48.5 Å². The lowest BCUT2D eigenvalue weighted by molar-refractivity contribution is -0.153. The first-order chi connectivity index (χ1) is 10.6. The number of hydrogen-bond acceptors (Lipinski definition) is 3. The average molecular weight is 361 g/mol. The van der Waals surface area contributed by atoms with Crippen LogP contribution in [0.15, 0.2) is 53.0 Å². The van der Waals surface area contributed by atoms with Crippen molar-refractivity contribution in [1.29, 1.82) is 0 Å². The molecule has 0 aromatic heterocycles. The molecule has 3 nitrogen and oxygen atoms in total. The summed E-state index contributed by atoms with van der Waals surface area (Å²) < 4.78 is 12.7. The molecule has 0 saturated heterocycles. The predicted molar refractivity (Wildman–Crippen MR) is 87.6 cm³/mol. The molecule has 1 heterocycles. The Hall–Kier alpha value is -1.81. The van der Waals surface area contributed by atoms with Gasteiger partial charge in [-0.15, -0.1) is 0 Å². The molecule has 0 N–H and O–H groups in total. The molecule has 0 saturated carbocycles. The molecule has 0 fully saturated rings. The van der Waals surface area contributed by atoms with Gasteiger partial charge >= 0.3 is 5.97 Å². The van der Waals surface area contributed by atoms with Crippen LogP contribution in [-0.4, -0.2) is 5.97 Å². The molecule has 1 aliphatic rings. The highest BCUT2D eigenvalue weighted by Crippen LogP contribution is 2.47. The highest BCUT2D eigenvalue weighted by atomic mass is 79.9. The third-order valence-corrected chi connectivity index (χ3v) is 4.40. The van der Waals surface area contributed by atoms with Crippen LogP contribution >= 0.6 is 15.9 Å². The number of esters is 1. The molecule has 0 spiro atoms. The molecule has 2 aromatic rings. The van der Waals surface area contributed by atoms with Crippen LogP contribution in [0.25, 0.3) is 0 Å². The Morgan fingerprint density at radius 1 is 1.18 bits per heavy atom. The maximum Gasteiger partial charge on any atom is 0.303 e. The van der Waals surface area contributed by atoms with Gasteiger partial charge in [-0.25, -0.2) is 0 Å². The number of ether oxygens (including phenoxy) is 2. The van der Waals surface area contributed by atoms with Gasteiger partial charge < -0.3 is 9.47 Å². The van der Waals surface area contributed by atoms with Crippen LogP contribution in [0, 0.1) is 5.92 Å². The number of hydrogen-bond donors (Lipinski definition) is 0. The maximum absolute atomic E-state index is 11.5. The second-order valence-corrected chi connectivity index (χ2v) is 6.44. The monoisotopic (exact) mass is 360 g/mol. The summed E-state index contributed by atoms with van der Waals surface area (Å²) in [7, 11) is 0. The number of benzene rings is 2. The van der Waals surface area contributed by atoms with E-state index in [2.05, 4.69) is 22.9 Å². The Bertz CT molecular complexity index is 684. The topological polar surface area (TPSA) is 35.5 Å². The number of carbonyl (C=O) groups is 1. The van der Waals surface area contributed by atoms with E-state index < -0.39 is 0 Å². The smallest absolute Gasteiger partial charge is 0.303 e. The summed E-state index contributed by atoms with van der Waals surface area (Å²) >= 11 is 3.47. The second-order valence-electron chi connectivity index (χ2n) is 5.52. The van der Waals surface area contributed by atoms with Crippen LogP contribution in [0.3, 0.4) is 0 Å². The van der Waals surface area contributed by atoms with Crippen molar-refractivity contribution < 1.29 is 14.3 Å². The van der Waals surface area contributed by atoms with Crippen LogP contribution in [0.5, 0.6) is 5.75 Å². The summed E-state index contributed by atoms with van der Waals surface area (Å²) in [6.07, 6.45) is -0.455. The standard InChI is InChI=1S/C18H17BrO3/c1-11-17(13-6-4-3-5-7-13)22-16-9-8-14(19)10-15(16)18(11)21-12(2)20/h3-11,17-18H,1-2H3/t11-,17-,18-/m0/s1. The largest absolute Gasteiger partial charge is 0.485 e. The molecule has 1 aliphatic heterocycles. The Labute approximate surface area is 138 Å². The molecular weight excluding hydrogens is 344 g/mol. The molecule has 2 aromatic carbocycles. The fourth-order valence-electron chi connectivity index (χ4n) is 2.90. The van der Waals surface area contributed by atoms with E-state index in [0.717, 1.165) is 21.3 Å². The van der Waals surface area contributed by atoms with E-state index in [1.54, 1.807) is 0 Å². The van der Waals surface area contributed by atoms with Crippen LogP contribution in [0.1, 0.15) is 37.2 Å². The first kappa shape index (κ1) is 15.1. The van der Waals surface area contributed by atoms with Crippen molar-refractivity contribution >= 4 is 21.9 Å². The molecule has 0 unspecified atom stereocenters. The van der Waals surface area contributed by atoms with Crippen LogP contribution in [-0.2, 0) is 9.53 Å². The summed E-state index contributed by atoms with van der Waals surface area (Å²) in [4.78, 5) is 11.5. The van der Waals surface area contributed by atoms with E-state index in [4.69, 9.17) is 9.47 Å². The van der Waals surface area contributed by atoms with Gasteiger partial charge in [-0.1, -0.05) is 53.2 Å². The normalized spacial score (nSPS) is 23.3. The molecule has 0 radical (unpaired) electrons. The molecule has 114 valence electrons. The molecule has 0 bridgehead atoms. The Balaban J connectivity index is 2.04. The van der Waals surface area contributed by atoms with Gasteiger partial charge in [-0.2, -0.15) is 0 Å². The van der Waals surface area contributed by atoms with Crippen LogP contribution in [0.2, 0.25) is 0 Å². The molecule has 3 atom stereocenters. The van der Waals surface area contributed by atoms with Gasteiger partial charge in [0.25, 0.3) is 0 Å². The maximum atomic E-state index is 11.5. The minimum Gasteiger partial charge on any atom is -0.485 e. The third kappa shape index (κ3) is 2.88. The summed E-state index contributed by atoms with van der Waals surface area (Å²) in [6, 6.07) is 15.8. The van der Waals surface area contributed by atoms with Gasteiger partial charge in [0, 0.05) is 22.9 Å². The summed E-state index contributed by atoms with van der Waals surface area (Å²) in [5.74, 6) is 0.506. The van der Waals surface area contributed by atoms with Crippen molar-refractivity contribution in [2.24, 2.45) is 5.92 Å². The summed E-state index contributed by atoms with van der Waals surface area (Å²) in [6.45, 7) is 3.49. The Morgan fingerprint density at radius 3 is 2.59 bits per heavy atom. The van der Waals surface area contributed by atoms with E-state index in [9.17, 15) is 4.79 Å². The lowest BCUT2D eigenvalue weighted by Crippen LogP contribution is -2.30. The lowest BCUT2D eigenvalue weighted by atomic mass is 9.85. The second kappa shape index (κ2) is 6.13. The van der Waals surface area contributed by atoms with Crippen LogP contribution in [0.4, 0.5) is 0 Å². The average Bonchev–Trinajstić information content (AvgIpc) is 2.51. The zero-order valence-electron chi connectivity index (χ0n) is 12.5. The fraction of sp³-hybridized carbons (Fsp3) is 0.278. The highest BCUT2D eigenvalue weighted by Gasteiger charge is 2.38. The van der Waals surface area contributed by atoms with Crippen molar-refractivity contribution in [3.8, 4) is 5.75 Å². The van der Waals surface area contributed by atoms with Gasteiger partial charge in [0.15, 0.2) is 0 Å². The minimum atomic E-state index is -0.316. The molecule has 4 heteroatoms. The zero-order valence-corrected chi connectivity index (χ0v) is 14.0. The number of halogens is 1. The lowest BCUT2D eigenvalue weighted by Gasteiger charge is -2.37. The third-order valence-electron chi connectivity index (χ3n) is 3.91. The molecule has 3 rings (SSSR count). The molecule has 22 heavy (non-hydrogen) atoms. The van der Waals surface area contributed by atoms with Crippen molar-refractivity contribution in [3.05, 3.63) is 64.1 Å². The first-order valence-electron chi connectivity index (χ1n) is 7.24. The summed E-state index contributed by atoms with van der Waals surface area (Å²) in [5.41, 5.74) is 1.99. The molecular formula is C18H17BrO3. The van der Waals surface area contributed by atoms with E-state index in [-0.39, 0.29) is 24.1 Å². The fourth-order valence-corrected chi connectivity index (χ4v) is 3.28. The quantitative estimate of drug-likeness (QED) is 0.720. The SMILES string of the molecule is CC(=O)O[C@@H]1c2cc(Br)ccc2O[C@H](c2ccccc2)[C@@H]1C. The van der Waals surface area contributed by atoms with Crippen molar-refractivity contribution in [3.63, 3.8) is 0 Å². The first-order valence-corrected chi connectivity index (χ1v) is 8.04. The number of fused-ring (bicyclic) bond motifs is 1. The highest BCUT2D eigenvalue weighted by molar-refractivity contribution is 9.10. The van der Waals surface area contributed by atoms with Gasteiger partial charge in [0.2, 0.25) is 0 Å². The van der Waals surface area contributed by atoms with Gasteiger partial charge in [-0.05, 0) is 23.8 Å². The Kier molecular flexibility index (Phi) is 4.21.